The predicted molar refractivity (Wildman–Crippen MR) is 101 cm³/mol. The minimum Gasteiger partial charge on any atom is -0.356 e. The quantitative estimate of drug-likeness (QED) is 0.894. The Balaban J connectivity index is 1.44. The molecule has 2 aromatic heterocycles. The summed E-state index contributed by atoms with van der Waals surface area (Å²) in [7, 11) is 5.70. The van der Waals surface area contributed by atoms with Crippen LogP contribution in [0.5, 0.6) is 0 Å². The Kier molecular flexibility index (Phi) is 5.49. The monoisotopic (exact) mass is 356 g/mol. The molecule has 6 nitrogen and oxygen atoms in total. The molecule has 26 heavy (non-hydrogen) atoms. The molecule has 1 fully saturated rings. The number of aromatic nitrogens is 2. The number of carbonyl (C=O) groups is 2. The zero-order valence-electron chi connectivity index (χ0n) is 15.8. The van der Waals surface area contributed by atoms with E-state index < -0.39 is 0 Å². The van der Waals surface area contributed by atoms with Crippen LogP contribution in [0.3, 0.4) is 0 Å². The van der Waals surface area contributed by atoms with Gasteiger partial charge in [-0.2, -0.15) is 0 Å². The molecule has 1 aliphatic rings. The topological polar surface area (TPSA) is 59.3 Å². The van der Waals surface area contributed by atoms with Crippen molar-refractivity contribution in [3.63, 3.8) is 0 Å². The summed E-state index contributed by atoms with van der Waals surface area (Å²) in [5.41, 5.74) is 1.45. The van der Waals surface area contributed by atoms with Crippen LogP contribution in [0.25, 0.3) is 0 Å². The zero-order valence-corrected chi connectivity index (χ0v) is 15.8. The third-order valence-electron chi connectivity index (χ3n) is 5.23. The molecule has 0 aliphatic heterocycles. The first-order valence-electron chi connectivity index (χ1n) is 9.22. The molecule has 0 aromatic carbocycles. The van der Waals surface area contributed by atoms with E-state index in [2.05, 4.69) is 5.32 Å². The Bertz CT molecular complexity index is 768. The summed E-state index contributed by atoms with van der Waals surface area (Å²) < 4.78 is 3.77. The highest BCUT2D eigenvalue weighted by Gasteiger charge is 2.25. The summed E-state index contributed by atoms with van der Waals surface area (Å²) in [5.74, 6) is 0.577. The molecule has 6 heteroatoms. The molecule has 1 N–H and O–H groups in total. The maximum atomic E-state index is 12.5. The first kappa shape index (κ1) is 18.3. The van der Waals surface area contributed by atoms with E-state index in [4.69, 9.17) is 0 Å². The average molecular weight is 356 g/mol. The van der Waals surface area contributed by atoms with Gasteiger partial charge in [0.1, 0.15) is 0 Å². The molecule has 0 atom stereocenters. The van der Waals surface area contributed by atoms with E-state index >= 15 is 0 Å². The van der Waals surface area contributed by atoms with Crippen molar-refractivity contribution in [3.8, 4) is 0 Å². The Morgan fingerprint density at radius 2 is 1.62 bits per heavy atom. The highest BCUT2D eigenvalue weighted by molar-refractivity contribution is 5.94. The Labute approximate surface area is 154 Å². The number of rotatable bonds is 5. The maximum absolute atomic E-state index is 12.5. The van der Waals surface area contributed by atoms with Crippen LogP contribution >= 0.6 is 0 Å². The lowest BCUT2D eigenvalue weighted by Gasteiger charge is -2.31. The van der Waals surface area contributed by atoms with Gasteiger partial charge in [-0.05, 0) is 43.7 Å². The molecule has 2 heterocycles. The van der Waals surface area contributed by atoms with Gasteiger partial charge in [-0.1, -0.05) is 0 Å². The Hall–Kier alpha value is -2.50. The fraction of sp³-hybridized carbons (Fsp3) is 0.500. The van der Waals surface area contributed by atoms with E-state index in [9.17, 15) is 9.59 Å². The van der Waals surface area contributed by atoms with E-state index in [1.165, 1.54) is 0 Å². The van der Waals surface area contributed by atoms with Crippen LogP contribution in [0, 0.1) is 5.92 Å². The standard InChI is InChI=1S/C20H28N4O2/c1-22-10-8-16(13-22)19(25)21-18-6-4-15(5-7-18)12-24(3)20(26)17-9-11-23(2)14-17/h8-11,13-15,18H,4-7,12H2,1-3H3,(H,21,25). The van der Waals surface area contributed by atoms with E-state index in [0.29, 0.717) is 11.5 Å². The number of nitrogens with zero attached hydrogens (tertiary/aromatic N) is 3. The summed E-state index contributed by atoms with van der Waals surface area (Å²) in [6, 6.07) is 3.93. The summed E-state index contributed by atoms with van der Waals surface area (Å²) >= 11 is 0. The maximum Gasteiger partial charge on any atom is 0.255 e. The van der Waals surface area contributed by atoms with Crippen molar-refractivity contribution >= 4 is 11.8 Å². The highest BCUT2D eigenvalue weighted by atomic mass is 16.2. The van der Waals surface area contributed by atoms with Crippen molar-refractivity contribution in [1.29, 1.82) is 0 Å². The lowest BCUT2D eigenvalue weighted by atomic mass is 9.85. The van der Waals surface area contributed by atoms with Crippen LogP contribution in [0.1, 0.15) is 46.4 Å². The first-order chi connectivity index (χ1) is 12.4. The second kappa shape index (κ2) is 7.81. The molecule has 140 valence electrons. The molecular weight excluding hydrogens is 328 g/mol. The number of hydrogen-bond acceptors (Lipinski definition) is 2. The SMILES string of the molecule is CN(CC1CCC(NC(=O)c2ccn(C)c2)CC1)C(=O)c1ccn(C)c1. The number of nitrogens with one attached hydrogen (secondary N) is 1. The smallest absolute Gasteiger partial charge is 0.255 e. The van der Waals surface area contributed by atoms with E-state index in [-0.39, 0.29) is 17.9 Å². The van der Waals surface area contributed by atoms with Crippen molar-refractivity contribution < 1.29 is 9.59 Å². The third-order valence-corrected chi connectivity index (χ3v) is 5.23. The minimum absolute atomic E-state index is 0.00502. The normalized spacial score (nSPS) is 20.0. The number of aryl methyl sites for hydroxylation is 2. The van der Waals surface area contributed by atoms with Crippen molar-refractivity contribution in [3.05, 3.63) is 48.0 Å². The average Bonchev–Trinajstić information content (AvgIpc) is 3.24. The van der Waals surface area contributed by atoms with Gasteiger partial charge >= 0.3 is 0 Å². The Morgan fingerprint density at radius 1 is 1.04 bits per heavy atom. The van der Waals surface area contributed by atoms with Crippen LogP contribution < -0.4 is 5.32 Å². The molecule has 0 saturated heterocycles. The van der Waals surface area contributed by atoms with Crippen molar-refractivity contribution in [2.24, 2.45) is 20.0 Å². The van der Waals surface area contributed by atoms with E-state index in [1.807, 2.05) is 72.1 Å². The molecule has 0 spiro atoms. The molecule has 0 radical (unpaired) electrons. The van der Waals surface area contributed by atoms with Gasteiger partial charge in [-0.3, -0.25) is 9.59 Å². The number of hydrogen-bond donors (Lipinski definition) is 1. The van der Waals surface area contributed by atoms with Crippen LogP contribution in [-0.4, -0.2) is 45.5 Å². The van der Waals surface area contributed by atoms with E-state index in [1.54, 1.807) is 0 Å². The van der Waals surface area contributed by atoms with Crippen molar-refractivity contribution in [2.75, 3.05) is 13.6 Å². The van der Waals surface area contributed by atoms with Gasteiger partial charge in [0.05, 0.1) is 11.1 Å². The van der Waals surface area contributed by atoms with Crippen LogP contribution in [0.4, 0.5) is 0 Å². The third kappa shape index (κ3) is 4.36. The second-order valence-corrected chi connectivity index (χ2v) is 7.51. The van der Waals surface area contributed by atoms with Gasteiger partial charge in [0.2, 0.25) is 0 Å². The van der Waals surface area contributed by atoms with Crippen LogP contribution in [-0.2, 0) is 14.1 Å². The minimum atomic E-state index is 0.00502. The van der Waals surface area contributed by atoms with Gasteiger partial charge in [-0.25, -0.2) is 0 Å². The van der Waals surface area contributed by atoms with Gasteiger partial charge < -0.3 is 19.4 Å². The van der Waals surface area contributed by atoms with Crippen LogP contribution in [0.15, 0.2) is 36.9 Å². The lowest BCUT2D eigenvalue weighted by molar-refractivity contribution is 0.0755. The summed E-state index contributed by atoms with van der Waals surface area (Å²) in [5, 5.41) is 3.14. The van der Waals surface area contributed by atoms with E-state index in [0.717, 1.165) is 37.8 Å². The molecule has 2 amide bonds. The van der Waals surface area contributed by atoms with Gasteiger partial charge in [0.15, 0.2) is 0 Å². The van der Waals surface area contributed by atoms with Gasteiger partial charge in [0.25, 0.3) is 11.8 Å². The molecule has 0 unspecified atom stereocenters. The molecule has 1 aliphatic carbocycles. The molecule has 3 rings (SSSR count). The lowest BCUT2D eigenvalue weighted by Crippen LogP contribution is -2.40. The van der Waals surface area contributed by atoms with Gasteiger partial charge in [-0.15, -0.1) is 0 Å². The molecular formula is C20H28N4O2. The first-order valence-corrected chi connectivity index (χ1v) is 9.22. The van der Waals surface area contributed by atoms with Gasteiger partial charge in [0, 0.05) is 58.5 Å². The zero-order chi connectivity index (χ0) is 18.7. The largest absolute Gasteiger partial charge is 0.356 e. The highest BCUT2D eigenvalue weighted by Crippen LogP contribution is 2.25. The predicted octanol–water partition coefficient (Wildman–Crippen LogP) is 2.42. The Morgan fingerprint density at radius 3 is 2.15 bits per heavy atom. The summed E-state index contributed by atoms with van der Waals surface area (Å²) in [4.78, 5) is 26.5. The second-order valence-electron chi connectivity index (χ2n) is 7.51. The molecule has 0 bridgehead atoms. The number of carbonyl (C=O) groups excluding carboxylic acids is 2. The summed E-state index contributed by atoms with van der Waals surface area (Å²) in [6.45, 7) is 0.771. The fourth-order valence-electron chi connectivity index (χ4n) is 3.72. The van der Waals surface area contributed by atoms with Crippen molar-refractivity contribution in [2.45, 2.75) is 31.7 Å². The molecule has 2 aromatic rings. The molecule has 1 saturated carbocycles. The summed E-state index contributed by atoms with van der Waals surface area (Å²) in [6.07, 6.45) is 11.5. The fourth-order valence-corrected chi connectivity index (χ4v) is 3.72. The van der Waals surface area contributed by atoms with Crippen LogP contribution in [0.2, 0.25) is 0 Å². The van der Waals surface area contributed by atoms with Crippen molar-refractivity contribution in [1.82, 2.24) is 19.4 Å². The number of amides is 2.